The van der Waals surface area contributed by atoms with Crippen molar-refractivity contribution in [1.29, 1.82) is 0 Å². The van der Waals surface area contributed by atoms with Gasteiger partial charge in [0, 0.05) is 10.4 Å². The molecule has 1 N–H and O–H groups in total. The third-order valence-electron chi connectivity index (χ3n) is 5.53. The largest absolute Gasteiger partial charge is 0.334 e. The highest BCUT2D eigenvalue weighted by molar-refractivity contribution is 7.89. The number of sulfonamides is 1. The van der Waals surface area contributed by atoms with Gasteiger partial charge < -0.3 is 0 Å². The quantitative estimate of drug-likeness (QED) is 0.462. The molecule has 0 saturated heterocycles. The highest BCUT2D eigenvalue weighted by Crippen LogP contribution is 2.36. The summed E-state index contributed by atoms with van der Waals surface area (Å²) in [4.78, 5) is 23.1. The predicted molar refractivity (Wildman–Crippen MR) is 122 cm³/mol. The normalized spacial score (nSPS) is 15.6. The van der Waals surface area contributed by atoms with E-state index >= 15 is 0 Å². The summed E-state index contributed by atoms with van der Waals surface area (Å²) in [6, 6.07) is 4.85. The van der Waals surface area contributed by atoms with E-state index in [0.29, 0.717) is 22.6 Å². The molecule has 1 aliphatic rings. The van der Waals surface area contributed by atoms with Crippen molar-refractivity contribution < 1.29 is 8.42 Å². The van der Waals surface area contributed by atoms with E-state index in [4.69, 9.17) is 0 Å². The SMILES string of the molecule is Cc1nc(C)c(Cn2c(=O)n(-c3cncs3)c3cc(S(=O)(=O)NC4(C)CC4)ccc32)s1. The summed E-state index contributed by atoms with van der Waals surface area (Å²) in [5.41, 5.74) is 3.14. The molecule has 11 heteroatoms. The third kappa shape index (κ3) is 3.65. The number of aryl methyl sites for hydroxylation is 2. The average molecular weight is 476 g/mol. The number of thiazole rings is 2. The first kappa shape index (κ1) is 20.6. The molecule has 3 heterocycles. The Kier molecular flexibility index (Phi) is 4.70. The molecule has 0 bridgehead atoms. The maximum Gasteiger partial charge on any atom is 0.334 e. The minimum Gasteiger partial charge on any atom is -0.286 e. The number of aromatic nitrogens is 4. The number of benzene rings is 1. The van der Waals surface area contributed by atoms with E-state index in [9.17, 15) is 13.2 Å². The molecule has 162 valence electrons. The highest BCUT2D eigenvalue weighted by atomic mass is 32.2. The summed E-state index contributed by atoms with van der Waals surface area (Å²) in [6.07, 6.45) is 3.26. The molecule has 0 radical (unpaired) electrons. The second-order valence-corrected chi connectivity index (χ2v) is 11.9. The Hall–Kier alpha value is -2.34. The Morgan fingerprint density at radius 1 is 1.23 bits per heavy atom. The second-order valence-electron chi connectivity index (χ2n) is 8.10. The molecule has 31 heavy (non-hydrogen) atoms. The van der Waals surface area contributed by atoms with E-state index in [2.05, 4.69) is 14.7 Å². The van der Waals surface area contributed by atoms with Crippen molar-refractivity contribution in [3.8, 4) is 5.00 Å². The van der Waals surface area contributed by atoms with Gasteiger partial charge in [-0.15, -0.1) is 22.7 Å². The van der Waals surface area contributed by atoms with E-state index < -0.39 is 10.0 Å². The molecule has 1 aliphatic carbocycles. The van der Waals surface area contributed by atoms with Gasteiger partial charge in [0.05, 0.1) is 44.9 Å². The third-order valence-corrected chi connectivity index (χ3v) is 8.98. The zero-order chi connectivity index (χ0) is 22.0. The predicted octanol–water partition coefficient (Wildman–Crippen LogP) is 3.20. The van der Waals surface area contributed by atoms with E-state index in [-0.39, 0.29) is 16.1 Å². The summed E-state index contributed by atoms with van der Waals surface area (Å²) in [6.45, 7) is 6.14. The number of rotatable bonds is 6. The smallest absolute Gasteiger partial charge is 0.286 e. The molecule has 0 amide bonds. The molecule has 3 aromatic heterocycles. The van der Waals surface area contributed by atoms with Gasteiger partial charge in [-0.25, -0.2) is 27.5 Å². The monoisotopic (exact) mass is 475 g/mol. The number of imidazole rings is 1. The molecule has 0 unspecified atom stereocenters. The van der Waals surface area contributed by atoms with Crippen molar-refractivity contribution in [3.63, 3.8) is 0 Å². The van der Waals surface area contributed by atoms with Crippen LogP contribution in [0.3, 0.4) is 0 Å². The Morgan fingerprint density at radius 3 is 2.61 bits per heavy atom. The molecule has 1 fully saturated rings. The van der Waals surface area contributed by atoms with Crippen molar-refractivity contribution in [2.75, 3.05) is 0 Å². The van der Waals surface area contributed by atoms with Crippen LogP contribution < -0.4 is 10.4 Å². The van der Waals surface area contributed by atoms with E-state index in [1.54, 1.807) is 45.8 Å². The highest BCUT2D eigenvalue weighted by Gasteiger charge is 2.41. The fourth-order valence-electron chi connectivity index (χ4n) is 3.63. The van der Waals surface area contributed by atoms with E-state index in [1.807, 2.05) is 20.8 Å². The van der Waals surface area contributed by atoms with Crippen molar-refractivity contribution in [2.45, 2.75) is 50.6 Å². The molecule has 1 aromatic carbocycles. The van der Waals surface area contributed by atoms with Gasteiger partial charge in [-0.1, -0.05) is 0 Å². The van der Waals surface area contributed by atoms with Gasteiger partial charge in [-0.2, -0.15) is 0 Å². The topological polar surface area (TPSA) is 98.9 Å². The Morgan fingerprint density at radius 2 is 2.00 bits per heavy atom. The molecule has 4 aromatic rings. The van der Waals surface area contributed by atoms with Crippen molar-refractivity contribution in [1.82, 2.24) is 23.8 Å². The van der Waals surface area contributed by atoms with E-state index in [1.165, 1.54) is 15.9 Å². The summed E-state index contributed by atoms with van der Waals surface area (Å²) < 4.78 is 31.9. The second kappa shape index (κ2) is 7.09. The number of nitrogens with zero attached hydrogens (tertiary/aromatic N) is 4. The zero-order valence-corrected chi connectivity index (χ0v) is 19.7. The van der Waals surface area contributed by atoms with Crippen LogP contribution in [0.4, 0.5) is 0 Å². The molecular formula is C20H21N5O3S3. The van der Waals surface area contributed by atoms with Gasteiger partial charge in [0.25, 0.3) is 0 Å². The minimum absolute atomic E-state index is 0.147. The fourth-order valence-corrected chi connectivity index (χ4v) is 6.67. The van der Waals surface area contributed by atoms with Crippen LogP contribution in [0.2, 0.25) is 0 Å². The van der Waals surface area contributed by atoms with Gasteiger partial charge >= 0.3 is 5.69 Å². The molecule has 5 rings (SSSR count). The van der Waals surface area contributed by atoms with Crippen LogP contribution in [0.5, 0.6) is 0 Å². The Labute approximate surface area is 187 Å². The van der Waals surface area contributed by atoms with Gasteiger partial charge in [0.2, 0.25) is 10.0 Å². The Balaban J connectivity index is 1.69. The summed E-state index contributed by atoms with van der Waals surface area (Å²) >= 11 is 2.89. The first-order chi connectivity index (χ1) is 14.7. The van der Waals surface area contributed by atoms with Crippen LogP contribution in [-0.2, 0) is 16.6 Å². The lowest BCUT2D eigenvalue weighted by atomic mass is 10.3. The van der Waals surface area contributed by atoms with Crippen LogP contribution in [-0.4, -0.2) is 33.1 Å². The van der Waals surface area contributed by atoms with Gasteiger partial charge in [0.1, 0.15) is 5.00 Å². The molecule has 0 spiro atoms. The first-order valence-corrected chi connectivity index (χ1v) is 13.0. The molecular weight excluding hydrogens is 454 g/mol. The van der Waals surface area contributed by atoms with Gasteiger partial charge in [-0.3, -0.25) is 9.55 Å². The van der Waals surface area contributed by atoms with Crippen molar-refractivity contribution >= 4 is 43.7 Å². The lowest BCUT2D eigenvalue weighted by Gasteiger charge is -2.12. The Bertz CT molecular complexity index is 1460. The van der Waals surface area contributed by atoms with Crippen molar-refractivity contribution in [3.05, 3.63) is 56.0 Å². The van der Waals surface area contributed by atoms with Crippen LogP contribution in [0.15, 0.2) is 39.6 Å². The number of hydrogen-bond donors (Lipinski definition) is 1. The van der Waals surface area contributed by atoms with Crippen LogP contribution in [0, 0.1) is 13.8 Å². The average Bonchev–Trinajstić information content (AvgIpc) is 3.05. The van der Waals surface area contributed by atoms with E-state index in [0.717, 1.165) is 28.4 Å². The standard InChI is InChI=1S/C20H21N5O3S3/c1-12-17(30-13(2)22-12)10-24-15-5-4-14(31(27,28)23-20(3)6-7-20)8-16(15)25(19(24)26)18-9-21-11-29-18/h4-5,8-9,11,23H,6-7,10H2,1-3H3. The number of nitrogens with one attached hydrogen (secondary N) is 1. The van der Waals surface area contributed by atoms with Crippen LogP contribution >= 0.6 is 22.7 Å². The lowest BCUT2D eigenvalue weighted by Crippen LogP contribution is -2.34. The zero-order valence-electron chi connectivity index (χ0n) is 17.2. The maximum absolute atomic E-state index is 13.4. The summed E-state index contributed by atoms with van der Waals surface area (Å²) in [5.74, 6) is 0. The van der Waals surface area contributed by atoms with Crippen LogP contribution in [0.25, 0.3) is 16.0 Å². The minimum atomic E-state index is -3.69. The van der Waals surface area contributed by atoms with Crippen LogP contribution in [0.1, 0.15) is 35.3 Å². The summed E-state index contributed by atoms with van der Waals surface area (Å²) in [7, 11) is -3.69. The fraction of sp³-hybridized carbons (Fsp3) is 0.350. The van der Waals surface area contributed by atoms with Gasteiger partial charge in [-0.05, 0) is 51.8 Å². The molecule has 0 atom stereocenters. The molecule has 8 nitrogen and oxygen atoms in total. The van der Waals surface area contributed by atoms with Gasteiger partial charge in [0.15, 0.2) is 0 Å². The first-order valence-electron chi connectivity index (χ1n) is 9.78. The van der Waals surface area contributed by atoms with Crippen molar-refractivity contribution in [2.24, 2.45) is 0 Å². The molecule has 0 aliphatic heterocycles. The lowest BCUT2D eigenvalue weighted by molar-refractivity contribution is 0.558. The number of hydrogen-bond acceptors (Lipinski definition) is 7. The maximum atomic E-state index is 13.4. The molecule has 1 saturated carbocycles. The number of fused-ring (bicyclic) bond motifs is 1. The summed E-state index contributed by atoms with van der Waals surface area (Å²) in [5, 5.41) is 1.59.